The van der Waals surface area contributed by atoms with Crippen LogP contribution in [-0.4, -0.2) is 45.0 Å². The molecule has 0 amide bonds. The Morgan fingerprint density at radius 3 is 2.33 bits per heavy atom. The van der Waals surface area contributed by atoms with Crippen LogP contribution in [0.5, 0.6) is 0 Å². The minimum Gasteiger partial charge on any atom is -0.310 e. The molecule has 1 aliphatic rings. The Kier molecular flexibility index (Phi) is 3.46. The maximum absolute atomic E-state index is 11.9. The number of nitrogens with zero attached hydrogens (tertiary/aromatic N) is 1. The molecule has 5 heteroatoms. The van der Waals surface area contributed by atoms with E-state index in [0.717, 1.165) is 6.54 Å². The molecule has 1 aromatic rings. The fourth-order valence-corrected chi connectivity index (χ4v) is 3.23. The van der Waals surface area contributed by atoms with Crippen molar-refractivity contribution < 1.29 is 4.79 Å². The molecule has 0 radical (unpaired) electrons. The molecule has 92 valence electrons. The largest absolute Gasteiger partial charge is 0.310 e. The van der Waals surface area contributed by atoms with Gasteiger partial charge in [0.25, 0.3) is 0 Å². The summed E-state index contributed by atoms with van der Waals surface area (Å²) in [6.07, 6.45) is 1.31. The average molecular weight is 239 g/mol. The Bertz CT molecular complexity index is 425. The highest BCUT2D eigenvalue weighted by atomic mass is 16.1. The van der Waals surface area contributed by atoms with Crippen LogP contribution in [0, 0.1) is 0 Å². The Hall–Kier alpha value is -0.955. The second-order valence-electron chi connectivity index (χ2n) is 6.59. The normalized spacial score (nSPS) is 28.2. The molecule has 0 N–H and O–H groups in total. The van der Waals surface area contributed by atoms with Crippen molar-refractivity contribution in [3.05, 3.63) is 35.9 Å². The monoisotopic (exact) mass is 239 g/mol. The van der Waals surface area contributed by atoms with Gasteiger partial charge in [0.15, 0.2) is 0 Å². The minimum absolute atomic E-state index is 0.0608. The van der Waals surface area contributed by atoms with Crippen molar-refractivity contribution in [2.45, 2.75) is 37.1 Å². The van der Waals surface area contributed by atoms with E-state index in [2.05, 4.69) is 59.6 Å². The van der Waals surface area contributed by atoms with E-state index in [0.29, 0.717) is 18.6 Å². The lowest BCUT2D eigenvalue weighted by atomic mass is 9.51. The van der Waals surface area contributed by atoms with E-state index in [1.54, 1.807) is 0 Å². The summed E-state index contributed by atoms with van der Waals surface area (Å²) in [5.41, 5.74) is 1.25. The van der Waals surface area contributed by atoms with Crippen molar-refractivity contribution in [2.24, 2.45) is 0 Å². The van der Waals surface area contributed by atoms with Crippen LogP contribution in [0.3, 0.4) is 0 Å². The fourth-order valence-electron chi connectivity index (χ4n) is 3.23. The first kappa shape index (κ1) is 13.5. The third-order valence-corrected chi connectivity index (χ3v) is 3.90. The number of rotatable bonds is 2. The molecular formula is C13H20B3NO. The second kappa shape index (κ2) is 4.62. The maximum Gasteiger partial charge on any atom is 0.134 e. The van der Waals surface area contributed by atoms with Crippen molar-refractivity contribution >= 4 is 29.3 Å². The number of ketones is 1. The molecule has 0 aromatic heterocycles. The molecule has 1 atom stereocenters. The number of carbonyl (C=O) groups is 1. The van der Waals surface area contributed by atoms with Gasteiger partial charge in [-0.2, -0.15) is 0 Å². The van der Waals surface area contributed by atoms with E-state index < -0.39 is 0 Å². The van der Waals surface area contributed by atoms with Crippen LogP contribution in [0.15, 0.2) is 30.3 Å². The van der Waals surface area contributed by atoms with Gasteiger partial charge in [-0.15, -0.1) is 0 Å². The minimum atomic E-state index is -0.0608. The number of Topliss-reactive ketones (excluding diaryl/α,β-unsaturated/α-hetero) is 1. The van der Waals surface area contributed by atoms with Crippen molar-refractivity contribution in [3.63, 3.8) is 0 Å². The second-order valence-corrected chi connectivity index (χ2v) is 6.59. The zero-order chi connectivity index (χ0) is 13.4. The van der Waals surface area contributed by atoms with E-state index in [-0.39, 0.29) is 10.8 Å². The summed E-state index contributed by atoms with van der Waals surface area (Å²) in [7, 11) is 6.53. The SMILES string of the molecule is BC1(B)CC(=O)CC(B)(C)N1Cc1ccccc1. The molecule has 1 heterocycles. The summed E-state index contributed by atoms with van der Waals surface area (Å²) in [5, 5.41) is -0.0608. The fraction of sp³-hybridized carbons (Fsp3) is 0.462. The van der Waals surface area contributed by atoms with Gasteiger partial charge in [0.2, 0.25) is 0 Å². The number of likely N-dealkylation sites (tertiary alicyclic amines) is 1. The number of benzene rings is 1. The summed E-state index contributed by atoms with van der Waals surface area (Å²) in [6, 6.07) is 10.5. The van der Waals surface area contributed by atoms with Crippen LogP contribution in [0.1, 0.15) is 25.3 Å². The highest BCUT2D eigenvalue weighted by Gasteiger charge is 2.43. The molecule has 2 nitrogen and oxygen atoms in total. The molecule has 1 unspecified atom stereocenters. The van der Waals surface area contributed by atoms with Crippen LogP contribution >= 0.6 is 0 Å². The quantitative estimate of drug-likeness (QED) is 0.624. The van der Waals surface area contributed by atoms with Gasteiger partial charge >= 0.3 is 0 Å². The summed E-state index contributed by atoms with van der Waals surface area (Å²) in [6.45, 7) is 3.09. The zero-order valence-electron chi connectivity index (χ0n) is 11.9. The van der Waals surface area contributed by atoms with E-state index in [4.69, 9.17) is 0 Å². The van der Waals surface area contributed by atoms with Gasteiger partial charge in [0, 0.05) is 19.4 Å². The molecular weight excluding hydrogens is 219 g/mol. The molecule has 1 saturated heterocycles. The highest BCUT2D eigenvalue weighted by Crippen LogP contribution is 2.33. The Labute approximate surface area is 112 Å². The molecule has 1 fully saturated rings. The summed E-state index contributed by atoms with van der Waals surface area (Å²) in [5.74, 6) is 0.384. The third-order valence-electron chi connectivity index (χ3n) is 3.90. The number of piperidine rings is 1. The van der Waals surface area contributed by atoms with Crippen molar-refractivity contribution in [1.29, 1.82) is 0 Å². The topological polar surface area (TPSA) is 20.3 Å². The summed E-state index contributed by atoms with van der Waals surface area (Å²) in [4.78, 5) is 14.3. The van der Waals surface area contributed by atoms with Crippen molar-refractivity contribution in [1.82, 2.24) is 4.90 Å². The third kappa shape index (κ3) is 2.72. The molecule has 1 aliphatic heterocycles. The van der Waals surface area contributed by atoms with Gasteiger partial charge in [-0.05, 0) is 16.3 Å². The van der Waals surface area contributed by atoms with Gasteiger partial charge in [0.05, 0.1) is 0 Å². The highest BCUT2D eigenvalue weighted by molar-refractivity contribution is 6.42. The first-order valence-electron chi connectivity index (χ1n) is 6.65. The van der Waals surface area contributed by atoms with Gasteiger partial charge in [-0.25, -0.2) is 0 Å². The smallest absolute Gasteiger partial charge is 0.134 e. The number of hydrogen-bond acceptors (Lipinski definition) is 2. The maximum atomic E-state index is 11.9. The van der Waals surface area contributed by atoms with Crippen LogP contribution in [0.2, 0.25) is 0 Å². The van der Waals surface area contributed by atoms with Crippen LogP contribution in [-0.2, 0) is 11.3 Å². The molecule has 2 rings (SSSR count). The lowest BCUT2D eigenvalue weighted by molar-refractivity contribution is -0.126. The Morgan fingerprint density at radius 1 is 1.17 bits per heavy atom. The van der Waals surface area contributed by atoms with Gasteiger partial charge in [-0.3, -0.25) is 4.79 Å². The van der Waals surface area contributed by atoms with E-state index in [1.165, 1.54) is 5.56 Å². The van der Waals surface area contributed by atoms with Crippen LogP contribution in [0.4, 0.5) is 0 Å². The standard InChI is InChI=1S/C13H20B3NO/c1-12(14)7-11(18)8-13(15,16)17(12)9-10-5-3-2-4-6-10/h2-6H,7-9,14-16H2,1H3. The van der Waals surface area contributed by atoms with Crippen molar-refractivity contribution in [2.75, 3.05) is 0 Å². The summed E-state index contributed by atoms with van der Waals surface area (Å²) >= 11 is 0. The van der Waals surface area contributed by atoms with E-state index >= 15 is 0 Å². The first-order chi connectivity index (χ1) is 8.31. The molecule has 1 aromatic carbocycles. The number of hydrogen-bond donors (Lipinski definition) is 0. The van der Waals surface area contributed by atoms with Crippen LogP contribution in [0.25, 0.3) is 0 Å². The Morgan fingerprint density at radius 2 is 1.78 bits per heavy atom. The average Bonchev–Trinajstić information content (AvgIpc) is 2.23. The molecule has 0 aliphatic carbocycles. The molecule has 0 saturated carbocycles. The zero-order valence-corrected chi connectivity index (χ0v) is 11.9. The lowest BCUT2D eigenvalue weighted by Gasteiger charge is -2.53. The van der Waals surface area contributed by atoms with Crippen molar-refractivity contribution in [3.8, 4) is 0 Å². The van der Waals surface area contributed by atoms with Crippen LogP contribution < -0.4 is 0 Å². The molecule has 0 bridgehead atoms. The van der Waals surface area contributed by atoms with Gasteiger partial charge in [-0.1, -0.05) is 37.3 Å². The van der Waals surface area contributed by atoms with Gasteiger partial charge < -0.3 is 4.90 Å². The molecule has 18 heavy (non-hydrogen) atoms. The predicted octanol–water partition coefficient (Wildman–Crippen LogP) is -0.879. The van der Waals surface area contributed by atoms with Gasteiger partial charge in [0.1, 0.15) is 29.3 Å². The molecule has 0 spiro atoms. The summed E-state index contributed by atoms with van der Waals surface area (Å²) < 4.78 is 0. The van der Waals surface area contributed by atoms with E-state index in [1.807, 2.05) is 6.07 Å². The first-order valence-corrected chi connectivity index (χ1v) is 6.65. The predicted molar refractivity (Wildman–Crippen MR) is 83.0 cm³/mol. The van der Waals surface area contributed by atoms with E-state index in [9.17, 15) is 4.79 Å². The lowest BCUT2D eigenvalue weighted by Crippen LogP contribution is -2.65. The Balaban J connectivity index is 2.26. The number of carbonyl (C=O) groups excluding carboxylic acids is 1.